The van der Waals surface area contributed by atoms with Crippen molar-refractivity contribution in [2.45, 2.75) is 90.3 Å². The molecule has 0 atom stereocenters. The largest absolute Gasteiger partial charge is 0.357 e. The van der Waals surface area contributed by atoms with E-state index in [0.29, 0.717) is 12.6 Å². The van der Waals surface area contributed by atoms with Crippen LogP contribution in [0.3, 0.4) is 0 Å². The first-order valence-corrected chi connectivity index (χ1v) is 11.6. The Hall–Kier alpha value is -1.14. The van der Waals surface area contributed by atoms with E-state index in [9.17, 15) is 0 Å². The monoisotopic (exact) mass is 391 g/mol. The first-order valence-electron chi connectivity index (χ1n) is 10.7. The van der Waals surface area contributed by atoms with Gasteiger partial charge in [0.05, 0.1) is 12.2 Å². The predicted octanol–water partition coefficient (Wildman–Crippen LogP) is 3.90. The number of hydrogen-bond acceptors (Lipinski definition) is 4. The Labute approximate surface area is 169 Å². The zero-order valence-corrected chi connectivity index (χ0v) is 18.4. The summed E-state index contributed by atoms with van der Waals surface area (Å²) in [6, 6.07) is 1.39. The van der Waals surface area contributed by atoms with Crippen LogP contribution in [0.4, 0.5) is 0 Å². The molecule has 3 rings (SSSR count). The fraction of sp³-hybridized carbons (Fsp3) is 0.810. The highest BCUT2D eigenvalue weighted by Gasteiger charge is 2.27. The van der Waals surface area contributed by atoms with Crippen LogP contribution in [0.2, 0.25) is 0 Å². The van der Waals surface area contributed by atoms with Gasteiger partial charge in [-0.25, -0.2) is 9.98 Å². The average molecular weight is 392 g/mol. The second-order valence-electron chi connectivity index (χ2n) is 8.96. The Bertz CT molecular complexity index is 604. The van der Waals surface area contributed by atoms with E-state index in [1.54, 1.807) is 11.3 Å². The SMILES string of the molecule is CCNC(=NCc1nc(C(C)(C)C)cs1)NC1CCN(C2CCCC2)CC1. The highest BCUT2D eigenvalue weighted by Crippen LogP contribution is 2.26. The van der Waals surface area contributed by atoms with Crippen LogP contribution in [0.25, 0.3) is 0 Å². The first kappa shape index (κ1) is 20.6. The summed E-state index contributed by atoms with van der Waals surface area (Å²) in [5.41, 5.74) is 1.27. The van der Waals surface area contributed by atoms with Crippen molar-refractivity contribution < 1.29 is 0 Å². The molecule has 0 unspecified atom stereocenters. The van der Waals surface area contributed by atoms with Crippen LogP contribution in [0.1, 0.15) is 76.9 Å². The van der Waals surface area contributed by atoms with E-state index in [1.807, 2.05) is 0 Å². The minimum Gasteiger partial charge on any atom is -0.357 e. The van der Waals surface area contributed by atoms with Gasteiger partial charge in [-0.05, 0) is 32.6 Å². The molecule has 1 aliphatic carbocycles. The molecule has 1 aliphatic heterocycles. The number of hydrogen-bond donors (Lipinski definition) is 2. The van der Waals surface area contributed by atoms with Gasteiger partial charge in [0.1, 0.15) is 5.01 Å². The topological polar surface area (TPSA) is 52.6 Å². The zero-order chi connectivity index (χ0) is 19.3. The van der Waals surface area contributed by atoms with Crippen LogP contribution in [0.15, 0.2) is 10.4 Å². The normalized spacial score (nSPS) is 21.0. The molecule has 2 heterocycles. The molecule has 0 bridgehead atoms. The fourth-order valence-corrected chi connectivity index (χ4v) is 5.01. The molecule has 5 nitrogen and oxygen atoms in total. The standard InChI is InChI=1S/C21H37N5S/c1-5-22-20(23-14-19-25-18(15-27-19)21(2,3)4)24-16-10-12-26(13-11-16)17-8-6-7-9-17/h15-17H,5-14H2,1-4H3,(H2,22,23,24). The fourth-order valence-electron chi connectivity index (χ4n) is 4.07. The van der Waals surface area contributed by atoms with Gasteiger partial charge in [0.2, 0.25) is 0 Å². The second kappa shape index (κ2) is 9.37. The molecule has 152 valence electrons. The Kier molecular flexibility index (Phi) is 7.15. The lowest BCUT2D eigenvalue weighted by Gasteiger charge is -2.36. The summed E-state index contributed by atoms with van der Waals surface area (Å²) in [4.78, 5) is 12.3. The number of piperidine rings is 1. The number of likely N-dealkylation sites (tertiary alicyclic amines) is 1. The van der Waals surface area contributed by atoms with E-state index in [0.717, 1.165) is 29.2 Å². The summed E-state index contributed by atoms with van der Waals surface area (Å²) in [6.45, 7) is 12.7. The highest BCUT2D eigenvalue weighted by molar-refractivity contribution is 7.09. The van der Waals surface area contributed by atoms with Gasteiger partial charge in [-0.1, -0.05) is 33.6 Å². The molecule has 1 aromatic heterocycles. The smallest absolute Gasteiger partial charge is 0.191 e. The third-order valence-corrected chi connectivity index (χ3v) is 6.58. The number of rotatable bonds is 5. The van der Waals surface area contributed by atoms with Crippen molar-refractivity contribution in [1.82, 2.24) is 20.5 Å². The summed E-state index contributed by atoms with van der Waals surface area (Å²) >= 11 is 1.72. The second-order valence-corrected chi connectivity index (χ2v) is 9.91. The molecule has 27 heavy (non-hydrogen) atoms. The van der Waals surface area contributed by atoms with Gasteiger partial charge in [0.15, 0.2) is 5.96 Å². The molecule has 0 radical (unpaired) electrons. The highest BCUT2D eigenvalue weighted by atomic mass is 32.1. The van der Waals surface area contributed by atoms with Crippen LogP contribution in [-0.4, -0.2) is 47.6 Å². The van der Waals surface area contributed by atoms with Gasteiger partial charge < -0.3 is 15.5 Å². The average Bonchev–Trinajstić information content (AvgIpc) is 3.32. The molecule has 1 aromatic rings. The van der Waals surface area contributed by atoms with Gasteiger partial charge in [-0.2, -0.15) is 0 Å². The van der Waals surface area contributed by atoms with Crippen LogP contribution < -0.4 is 10.6 Å². The molecule has 0 aromatic carbocycles. The number of aromatic nitrogens is 1. The summed E-state index contributed by atoms with van der Waals surface area (Å²) < 4.78 is 0. The third kappa shape index (κ3) is 5.92. The van der Waals surface area contributed by atoms with Gasteiger partial charge >= 0.3 is 0 Å². The van der Waals surface area contributed by atoms with Crippen LogP contribution in [0.5, 0.6) is 0 Å². The molecule has 0 spiro atoms. The zero-order valence-electron chi connectivity index (χ0n) is 17.6. The molecule has 2 aliphatic rings. The van der Waals surface area contributed by atoms with E-state index in [1.165, 1.54) is 51.6 Å². The van der Waals surface area contributed by atoms with Crippen molar-refractivity contribution in [3.8, 4) is 0 Å². The van der Waals surface area contributed by atoms with Crippen LogP contribution in [0, 0.1) is 0 Å². The number of guanidine groups is 1. The lowest BCUT2D eigenvalue weighted by Crippen LogP contribution is -2.50. The lowest BCUT2D eigenvalue weighted by atomic mass is 9.93. The first-order chi connectivity index (χ1) is 13.0. The van der Waals surface area contributed by atoms with Crippen molar-refractivity contribution in [2.24, 2.45) is 4.99 Å². The van der Waals surface area contributed by atoms with Crippen LogP contribution >= 0.6 is 11.3 Å². The molecule has 0 amide bonds. The maximum Gasteiger partial charge on any atom is 0.191 e. The summed E-state index contributed by atoms with van der Waals surface area (Å²) in [7, 11) is 0. The molecule has 1 saturated heterocycles. The van der Waals surface area contributed by atoms with Crippen molar-refractivity contribution in [3.05, 3.63) is 16.1 Å². The van der Waals surface area contributed by atoms with E-state index < -0.39 is 0 Å². The van der Waals surface area contributed by atoms with Crippen molar-refractivity contribution >= 4 is 17.3 Å². The number of nitrogens with zero attached hydrogens (tertiary/aromatic N) is 3. The molecular weight excluding hydrogens is 354 g/mol. The van der Waals surface area contributed by atoms with Gasteiger partial charge in [-0.15, -0.1) is 11.3 Å². The van der Waals surface area contributed by atoms with Gasteiger partial charge in [-0.3, -0.25) is 0 Å². The number of aliphatic imine (C=N–C) groups is 1. The summed E-state index contributed by atoms with van der Waals surface area (Å²) in [6.07, 6.45) is 8.10. The molecule has 2 N–H and O–H groups in total. The summed E-state index contributed by atoms with van der Waals surface area (Å²) in [5.74, 6) is 0.935. The van der Waals surface area contributed by atoms with E-state index in [4.69, 9.17) is 9.98 Å². The Morgan fingerprint density at radius 3 is 2.52 bits per heavy atom. The Morgan fingerprint density at radius 2 is 1.93 bits per heavy atom. The van der Waals surface area contributed by atoms with Gasteiger partial charge in [0.25, 0.3) is 0 Å². The van der Waals surface area contributed by atoms with Gasteiger partial charge in [0, 0.05) is 42.5 Å². The Morgan fingerprint density at radius 1 is 1.22 bits per heavy atom. The van der Waals surface area contributed by atoms with Crippen molar-refractivity contribution in [2.75, 3.05) is 19.6 Å². The minimum atomic E-state index is 0.106. The molecular formula is C21H37N5S. The number of thiazole rings is 1. The molecule has 6 heteroatoms. The quantitative estimate of drug-likeness (QED) is 0.590. The predicted molar refractivity (Wildman–Crippen MR) is 116 cm³/mol. The third-order valence-electron chi connectivity index (χ3n) is 5.75. The minimum absolute atomic E-state index is 0.106. The Balaban J connectivity index is 1.51. The molecule has 2 fully saturated rings. The number of nitrogens with one attached hydrogen (secondary N) is 2. The van der Waals surface area contributed by atoms with Crippen molar-refractivity contribution in [3.63, 3.8) is 0 Å². The lowest BCUT2D eigenvalue weighted by molar-refractivity contribution is 0.150. The summed E-state index contributed by atoms with van der Waals surface area (Å²) in [5, 5.41) is 10.3. The maximum absolute atomic E-state index is 4.80. The van der Waals surface area contributed by atoms with E-state index >= 15 is 0 Å². The van der Waals surface area contributed by atoms with Crippen LogP contribution in [-0.2, 0) is 12.0 Å². The van der Waals surface area contributed by atoms with E-state index in [-0.39, 0.29) is 5.41 Å². The van der Waals surface area contributed by atoms with E-state index in [2.05, 4.69) is 48.6 Å². The molecule has 1 saturated carbocycles. The van der Waals surface area contributed by atoms with Crippen molar-refractivity contribution in [1.29, 1.82) is 0 Å². The maximum atomic E-state index is 4.80.